The Kier molecular flexibility index (Phi) is 4.62. The van der Waals surface area contributed by atoms with Crippen molar-refractivity contribution >= 4 is 12.1 Å². The van der Waals surface area contributed by atoms with Gasteiger partial charge < -0.3 is 4.42 Å². The van der Waals surface area contributed by atoms with Gasteiger partial charge in [-0.1, -0.05) is 18.2 Å². The van der Waals surface area contributed by atoms with Crippen molar-refractivity contribution in [1.29, 1.82) is 0 Å². The standard InChI is InChI=1S/C19H20N4O3/c1-12-10-16(14(3)26-12)18(24)21-20-11-17-13(2)19(25)23(22(17)4)15-8-6-5-7-9-15/h5-11H,1-4H3,(H,21,24)/b20-11-. The van der Waals surface area contributed by atoms with Crippen molar-refractivity contribution < 1.29 is 9.21 Å². The van der Waals surface area contributed by atoms with E-state index >= 15 is 0 Å². The minimum absolute atomic E-state index is 0.132. The molecule has 0 radical (unpaired) electrons. The zero-order valence-electron chi connectivity index (χ0n) is 15.1. The molecule has 1 amide bonds. The molecular formula is C19H20N4O3. The van der Waals surface area contributed by atoms with Gasteiger partial charge in [-0.3, -0.25) is 14.3 Å². The Balaban J connectivity index is 1.87. The number of nitrogens with zero attached hydrogens (tertiary/aromatic N) is 3. The number of hydrogen-bond acceptors (Lipinski definition) is 4. The molecule has 3 rings (SSSR count). The molecule has 0 spiro atoms. The van der Waals surface area contributed by atoms with E-state index in [-0.39, 0.29) is 11.5 Å². The van der Waals surface area contributed by atoms with Crippen LogP contribution in [0.2, 0.25) is 0 Å². The lowest BCUT2D eigenvalue weighted by atomic mass is 10.2. The van der Waals surface area contributed by atoms with Crippen molar-refractivity contribution in [1.82, 2.24) is 14.8 Å². The highest BCUT2D eigenvalue weighted by Crippen LogP contribution is 2.13. The molecule has 7 nitrogen and oxygen atoms in total. The summed E-state index contributed by atoms with van der Waals surface area (Å²) in [5, 5.41) is 4.00. The van der Waals surface area contributed by atoms with Gasteiger partial charge in [0.1, 0.15) is 11.5 Å². The minimum atomic E-state index is -0.360. The van der Waals surface area contributed by atoms with Crippen LogP contribution in [0.5, 0.6) is 0 Å². The summed E-state index contributed by atoms with van der Waals surface area (Å²) in [5.41, 5.74) is 4.69. The normalized spacial score (nSPS) is 11.2. The fraction of sp³-hybridized carbons (Fsp3) is 0.211. The third-order valence-corrected chi connectivity index (χ3v) is 4.19. The topological polar surface area (TPSA) is 81.5 Å². The average molecular weight is 352 g/mol. The van der Waals surface area contributed by atoms with E-state index in [1.807, 2.05) is 30.3 Å². The summed E-state index contributed by atoms with van der Waals surface area (Å²) >= 11 is 0. The summed E-state index contributed by atoms with van der Waals surface area (Å²) < 4.78 is 8.61. The fourth-order valence-electron chi connectivity index (χ4n) is 2.86. The van der Waals surface area contributed by atoms with E-state index in [0.717, 1.165) is 5.69 Å². The molecule has 0 aliphatic rings. The van der Waals surface area contributed by atoms with Gasteiger partial charge in [0, 0.05) is 12.6 Å². The lowest BCUT2D eigenvalue weighted by molar-refractivity contribution is 0.0953. The predicted octanol–water partition coefficient (Wildman–Crippen LogP) is 2.46. The van der Waals surface area contributed by atoms with Crippen LogP contribution in [0, 0.1) is 20.8 Å². The lowest BCUT2D eigenvalue weighted by Crippen LogP contribution is -2.20. The Bertz CT molecular complexity index is 1040. The zero-order chi connectivity index (χ0) is 18.8. The molecule has 3 aromatic rings. The van der Waals surface area contributed by atoms with Gasteiger partial charge in [0.25, 0.3) is 11.5 Å². The van der Waals surface area contributed by atoms with E-state index in [0.29, 0.717) is 28.3 Å². The van der Waals surface area contributed by atoms with Crippen LogP contribution in [0.3, 0.4) is 0 Å². The number of para-hydroxylation sites is 1. The van der Waals surface area contributed by atoms with E-state index in [4.69, 9.17) is 4.42 Å². The van der Waals surface area contributed by atoms with Crippen LogP contribution >= 0.6 is 0 Å². The second-order valence-corrected chi connectivity index (χ2v) is 6.01. The molecule has 2 heterocycles. The second kappa shape index (κ2) is 6.87. The third kappa shape index (κ3) is 3.11. The number of hydrazone groups is 1. The van der Waals surface area contributed by atoms with Gasteiger partial charge in [0.2, 0.25) is 0 Å². The van der Waals surface area contributed by atoms with Gasteiger partial charge in [0.15, 0.2) is 0 Å². The average Bonchev–Trinajstić information content (AvgIpc) is 3.06. The number of carbonyl (C=O) groups excluding carboxylic acids is 1. The van der Waals surface area contributed by atoms with Crippen molar-refractivity contribution in [3.63, 3.8) is 0 Å². The Morgan fingerprint density at radius 2 is 1.88 bits per heavy atom. The van der Waals surface area contributed by atoms with Crippen molar-refractivity contribution in [2.24, 2.45) is 12.1 Å². The molecule has 0 aliphatic heterocycles. The zero-order valence-corrected chi connectivity index (χ0v) is 15.1. The summed E-state index contributed by atoms with van der Waals surface area (Å²) in [5.74, 6) is 0.838. The molecule has 0 unspecified atom stereocenters. The van der Waals surface area contributed by atoms with Crippen LogP contribution in [0.4, 0.5) is 0 Å². The number of amides is 1. The van der Waals surface area contributed by atoms with Crippen LogP contribution < -0.4 is 11.0 Å². The monoisotopic (exact) mass is 352 g/mol. The Morgan fingerprint density at radius 1 is 1.19 bits per heavy atom. The van der Waals surface area contributed by atoms with Crippen LogP contribution in [-0.2, 0) is 7.05 Å². The molecular weight excluding hydrogens is 332 g/mol. The molecule has 26 heavy (non-hydrogen) atoms. The van der Waals surface area contributed by atoms with Crippen LogP contribution in [-0.4, -0.2) is 21.5 Å². The number of carbonyl (C=O) groups is 1. The first kappa shape index (κ1) is 17.5. The molecule has 0 saturated heterocycles. The highest BCUT2D eigenvalue weighted by Gasteiger charge is 2.15. The number of aryl methyl sites for hydroxylation is 2. The minimum Gasteiger partial charge on any atom is -0.466 e. The molecule has 0 aliphatic carbocycles. The van der Waals surface area contributed by atoms with E-state index in [1.165, 1.54) is 6.21 Å². The van der Waals surface area contributed by atoms with Gasteiger partial charge in [-0.05, 0) is 39.0 Å². The van der Waals surface area contributed by atoms with Gasteiger partial charge in [-0.2, -0.15) is 5.10 Å². The van der Waals surface area contributed by atoms with E-state index in [2.05, 4.69) is 10.5 Å². The maximum absolute atomic E-state index is 12.6. The molecule has 1 N–H and O–H groups in total. The number of aromatic nitrogens is 2. The Hall–Kier alpha value is -3.35. The highest BCUT2D eigenvalue weighted by molar-refractivity contribution is 5.95. The molecule has 0 bridgehead atoms. The first-order valence-electron chi connectivity index (χ1n) is 8.14. The predicted molar refractivity (Wildman–Crippen MR) is 99.0 cm³/mol. The second-order valence-electron chi connectivity index (χ2n) is 6.01. The number of hydrogen-bond donors (Lipinski definition) is 1. The van der Waals surface area contributed by atoms with E-state index < -0.39 is 0 Å². The number of furan rings is 1. The van der Waals surface area contributed by atoms with Crippen molar-refractivity contribution in [2.45, 2.75) is 20.8 Å². The largest absolute Gasteiger partial charge is 0.466 e. The Labute approximate surface area is 150 Å². The molecule has 134 valence electrons. The molecule has 1 aromatic carbocycles. The van der Waals surface area contributed by atoms with Gasteiger partial charge >= 0.3 is 0 Å². The Morgan fingerprint density at radius 3 is 2.50 bits per heavy atom. The maximum Gasteiger partial charge on any atom is 0.274 e. The van der Waals surface area contributed by atoms with Crippen LogP contribution in [0.1, 0.15) is 33.1 Å². The third-order valence-electron chi connectivity index (χ3n) is 4.19. The van der Waals surface area contributed by atoms with Gasteiger partial charge in [-0.15, -0.1) is 0 Å². The fourth-order valence-corrected chi connectivity index (χ4v) is 2.86. The quantitative estimate of drug-likeness (QED) is 0.578. The molecule has 2 aromatic heterocycles. The summed E-state index contributed by atoms with van der Waals surface area (Å²) in [6, 6.07) is 11.0. The summed E-state index contributed by atoms with van der Waals surface area (Å²) in [4.78, 5) is 24.7. The molecule has 0 saturated carbocycles. The summed E-state index contributed by atoms with van der Waals surface area (Å²) in [7, 11) is 1.77. The molecule has 0 fully saturated rings. The van der Waals surface area contributed by atoms with Gasteiger partial charge in [0.05, 0.1) is 23.2 Å². The first-order chi connectivity index (χ1) is 12.4. The van der Waals surface area contributed by atoms with Crippen LogP contribution in [0.15, 0.2) is 50.7 Å². The summed E-state index contributed by atoms with van der Waals surface area (Å²) in [6.07, 6.45) is 1.47. The number of benzene rings is 1. The van der Waals surface area contributed by atoms with Crippen molar-refractivity contribution in [3.05, 3.63) is 75.1 Å². The molecule has 0 atom stereocenters. The van der Waals surface area contributed by atoms with Crippen LogP contribution in [0.25, 0.3) is 5.69 Å². The van der Waals surface area contributed by atoms with E-state index in [9.17, 15) is 9.59 Å². The maximum atomic E-state index is 12.6. The van der Waals surface area contributed by atoms with Gasteiger partial charge in [-0.25, -0.2) is 10.1 Å². The SMILES string of the molecule is Cc1cc(C(=O)N/N=C\c2c(C)c(=O)n(-c3ccccc3)n2C)c(C)o1. The van der Waals surface area contributed by atoms with Crippen molar-refractivity contribution in [3.8, 4) is 5.69 Å². The number of nitrogens with one attached hydrogen (secondary N) is 1. The lowest BCUT2D eigenvalue weighted by Gasteiger charge is -2.07. The van der Waals surface area contributed by atoms with E-state index in [1.54, 1.807) is 43.2 Å². The van der Waals surface area contributed by atoms with Crippen molar-refractivity contribution in [2.75, 3.05) is 0 Å². The highest BCUT2D eigenvalue weighted by atomic mass is 16.3. The molecule has 7 heteroatoms. The number of rotatable bonds is 4. The first-order valence-corrected chi connectivity index (χ1v) is 8.14. The smallest absolute Gasteiger partial charge is 0.274 e. The summed E-state index contributed by atoms with van der Waals surface area (Å²) in [6.45, 7) is 5.23.